The molecule has 1 N–H and O–H groups in total. The second-order valence-electron chi connectivity index (χ2n) is 7.52. The van der Waals surface area contributed by atoms with Crippen LogP contribution >= 0.6 is 0 Å². The molecule has 1 aliphatic heterocycles. The van der Waals surface area contributed by atoms with Gasteiger partial charge in [-0.1, -0.05) is 13.8 Å². The van der Waals surface area contributed by atoms with Crippen molar-refractivity contribution in [1.82, 2.24) is 25.0 Å². The summed E-state index contributed by atoms with van der Waals surface area (Å²) in [5, 5.41) is 8.02. The lowest BCUT2D eigenvalue weighted by Crippen LogP contribution is -2.64. The molecule has 0 spiro atoms. The molecule has 2 unspecified atom stereocenters. The van der Waals surface area contributed by atoms with Crippen LogP contribution in [-0.4, -0.2) is 44.3 Å². The van der Waals surface area contributed by atoms with Crippen molar-refractivity contribution in [2.75, 3.05) is 13.1 Å². The highest BCUT2D eigenvalue weighted by atomic mass is 15.4. The predicted molar refractivity (Wildman–Crippen MR) is 83.8 cm³/mol. The Labute approximate surface area is 128 Å². The topological polar surface area (TPSA) is 46.0 Å². The maximum absolute atomic E-state index is 4.43. The van der Waals surface area contributed by atoms with Crippen molar-refractivity contribution in [2.45, 2.75) is 58.2 Å². The van der Waals surface area contributed by atoms with Crippen LogP contribution in [0.2, 0.25) is 0 Å². The van der Waals surface area contributed by atoms with Crippen LogP contribution in [0.1, 0.15) is 45.9 Å². The largest absolute Gasteiger partial charge is 0.311 e. The van der Waals surface area contributed by atoms with Crippen molar-refractivity contribution in [2.24, 2.45) is 18.9 Å². The summed E-state index contributed by atoms with van der Waals surface area (Å²) in [5.41, 5.74) is 0.277. The molecule has 0 aromatic carbocycles. The quantitative estimate of drug-likeness (QED) is 0.898. The van der Waals surface area contributed by atoms with E-state index in [0.29, 0.717) is 6.04 Å². The van der Waals surface area contributed by atoms with Gasteiger partial charge in [0.15, 0.2) is 0 Å². The average molecular weight is 291 g/mol. The normalized spacial score (nSPS) is 31.0. The highest BCUT2D eigenvalue weighted by Crippen LogP contribution is 2.44. The van der Waals surface area contributed by atoms with Crippen molar-refractivity contribution in [3.05, 3.63) is 12.2 Å². The van der Waals surface area contributed by atoms with Gasteiger partial charge in [0.2, 0.25) is 0 Å². The summed E-state index contributed by atoms with van der Waals surface area (Å²) in [7, 11) is 1.99. The lowest BCUT2D eigenvalue weighted by molar-refractivity contribution is 0.0210. The molecule has 5 heteroatoms. The van der Waals surface area contributed by atoms with Gasteiger partial charge in [-0.05, 0) is 38.0 Å². The van der Waals surface area contributed by atoms with Crippen LogP contribution in [0.3, 0.4) is 0 Å². The maximum atomic E-state index is 4.43. The van der Waals surface area contributed by atoms with Crippen LogP contribution in [0.25, 0.3) is 0 Å². The fourth-order valence-electron chi connectivity index (χ4n) is 3.72. The Morgan fingerprint density at radius 3 is 2.76 bits per heavy atom. The second-order valence-corrected chi connectivity index (χ2v) is 7.52. The third kappa shape index (κ3) is 3.14. The number of aromatic nitrogens is 3. The van der Waals surface area contributed by atoms with E-state index in [2.05, 4.69) is 41.1 Å². The van der Waals surface area contributed by atoms with Gasteiger partial charge in [0, 0.05) is 31.7 Å². The van der Waals surface area contributed by atoms with Gasteiger partial charge in [0.1, 0.15) is 12.2 Å². The van der Waals surface area contributed by atoms with Crippen LogP contribution in [0.5, 0.6) is 0 Å². The number of rotatable bonds is 5. The molecule has 0 amide bonds. The third-order valence-corrected chi connectivity index (χ3v) is 5.26. The Morgan fingerprint density at radius 2 is 2.19 bits per heavy atom. The standard InChI is InChI=1S/C16H29N5/c1-12(2)7-14-8-21(9-15-18-11-19-20(15)4)16(3,10-17-14)13-5-6-13/h11-14,17H,5-10H2,1-4H3. The van der Waals surface area contributed by atoms with Crippen LogP contribution in [-0.2, 0) is 13.6 Å². The SMILES string of the molecule is CC(C)CC1CN(Cc2ncnn2C)C(C)(C2CC2)CN1. The first-order chi connectivity index (χ1) is 9.99. The monoisotopic (exact) mass is 291 g/mol. The highest BCUT2D eigenvalue weighted by molar-refractivity contribution is 5.06. The zero-order valence-electron chi connectivity index (χ0n) is 13.8. The van der Waals surface area contributed by atoms with E-state index in [1.54, 1.807) is 6.33 Å². The summed E-state index contributed by atoms with van der Waals surface area (Å²) >= 11 is 0. The van der Waals surface area contributed by atoms with Crippen molar-refractivity contribution in [3.8, 4) is 0 Å². The third-order valence-electron chi connectivity index (χ3n) is 5.26. The minimum absolute atomic E-state index is 0.277. The van der Waals surface area contributed by atoms with E-state index >= 15 is 0 Å². The smallest absolute Gasteiger partial charge is 0.140 e. The molecule has 2 atom stereocenters. The number of nitrogens with zero attached hydrogens (tertiary/aromatic N) is 4. The van der Waals surface area contributed by atoms with E-state index < -0.39 is 0 Å². The molecule has 1 saturated heterocycles. The van der Waals surface area contributed by atoms with Gasteiger partial charge in [0.25, 0.3) is 0 Å². The van der Waals surface area contributed by atoms with Crippen LogP contribution in [0.15, 0.2) is 6.33 Å². The summed E-state index contributed by atoms with van der Waals surface area (Å²) in [4.78, 5) is 7.10. The highest BCUT2D eigenvalue weighted by Gasteiger charge is 2.48. The predicted octanol–water partition coefficient (Wildman–Crippen LogP) is 1.80. The molecule has 0 radical (unpaired) electrons. The fourth-order valence-corrected chi connectivity index (χ4v) is 3.72. The molecule has 1 aromatic rings. The maximum Gasteiger partial charge on any atom is 0.140 e. The molecule has 0 bridgehead atoms. The first-order valence-corrected chi connectivity index (χ1v) is 8.30. The molecular weight excluding hydrogens is 262 g/mol. The number of hydrogen-bond donors (Lipinski definition) is 1. The van der Waals surface area contributed by atoms with Gasteiger partial charge in [-0.25, -0.2) is 4.98 Å². The molecule has 21 heavy (non-hydrogen) atoms. The molecule has 1 saturated carbocycles. The summed E-state index contributed by atoms with van der Waals surface area (Å²) in [5.74, 6) is 2.66. The zero-order valence-corrected chi connectivity index (χ0v) is 13.8. The number of nitrogens with one attached hydrogen (secondary N) is 1. The van der Waals surface area contributed by atoms with Gasteiger partial charge in [-0.3, -0.25) is 9.58 Å². The van der Waals surface area contributed by atoms with Crippen molar-refractivity contribution < 1.29 is 0 Å². The van der Waals surface area contributed by atoms with Gasteiger partial charge in [-0.15, -0.1) is 0 Å². The van der Waals surface area contributed by atoms with Gasteiger partial charge < -0.3 is 5.32 Å². The molecule has 2 heterocycles. The zero-order chi connectivity index (χ0) is 15.0. The summed E-state index contributed by atoms with van der Waals surface area (Å²) < 4.78 is 1.91. The van der Waals surface area contributed by atoms with Crippen LogP contribution in [0, 0.1) is 11.8 Å². The van der Waals surface area contributed by atoms with Crippen LogP contribution in [0.4, 0.5) is 0 Å². The Balaban J connectivity index is 1.75. The summed E-state index contributed by atoms with van der Waals surface area (Å²) in [6, 6.07) is 0.602. The Kier molecular flexibility index (Phi) is 4.06. The lowest BCUT2D eigenvalue weighted by atomic mass is 9.88. The number of aryl methyl sites for hydroxylation is 1. The molecule has 1 aromatic heterocycles. The summed E-state index contributed by atoms with van der Waals surface area (Å²) in [6.45, 7) is 10.2. The number of piperazine rings is 1. The first-order valence-electron chi connectivity index (χ1n) is 8.30. The molecular formula is C16H29N5. The van der Waals surface area contributed by atoms with Gasteiger partial charge >= 0.3 is 0 Å². The molecule has 2 aliphatic rings. The molecule has 1 aliphatic carbocycles. The lowest BCUT2D eigenvalue weighted by Gasteiger charge is -2.49. The Hall–Kier alpha value is -0.940. The Bertz CT molecular complexity index is 479. The molecule has 3 rings (SSSR count). The van der Waals surface area contributed by atoms with Crippen LogP contribution < -0.4 is 5.32 Å². The van der Waals surface area contributed by atoms with Crippen molar-refractivity contribution in [1.29, 1.82) is 0 Å². The minimum atomic E-state index is 0.277. The Morgan fingerprint density at radius 1 is 1.43 bits per heavy atom. The van der Waals surface area contributed by atoms with E-state index in [-0.39, 0.29) is 5.54 Å². The summed E-state index contributed by atoms with van der Waals surface area (Å²) in [6.07, 6.45) is 5.67. The first kappa shape index (κ1) is 15.0. The minimum Gasteiger partial charge on any atom is -0.311 e. The van der Waals surface area contributed by atoms with Crippen molar-refractivity contribution in [3.63, 3.8) is 0 Å². The van der Waals surface area contributed by atoms with Gasteiger partial charge in [0.05, 0.1) is 6.54 Å². The second kappa shape index (κ2) is 5.69. The molecule has 2 fully saturated rings. The van der Waals surface area contributed by atoms with E-state index in [0.717, 1.165) is 37.3 Å². The van der Waals surface area contributed by atoms with E-state index in [1.165, 1.54) is 19.3 Å². The van der Waals surface area contributed by atoms with Crippen molar-refractivity contribution >= 4 is 0 Å². The number of hydrogen-bond acceptors (Lipinski definition) is 4. The van der Waals surface area contributed by atoms with E-state index in [1.807, 2.05) is 11.7 Å². The fraction of sp³-hybridized carbons (Fsp3) is 0.875. The van der Waals surface area contributed by atoms with E-state index in [4.69, 9.17) is 0 Å². The molecule has 118 valence electrons. The average Bonchev–Trinajstić information content (AvgIpc) is 3.20. The van der Waals surface area contributed by atoms with Gasteiger partial charge in [-0.2, -0.15) is 5.10 Å². The van der Waals surface area contributed by atoms with E-state index in [9.17, 15) is 0 Å². The molecule has 5 nitrogen and oxygen atoms in total.